The average molecular weight is 301 g/mol. The van der Waals surface area contributed by atoms with E-state index in [1.807, 2.05) is 13.0 Å². The van der Waals surface area contributed by atoms with Crippen LogP contribution < -0.4 is 4.74 Å². The lowest BCUT2D eigenvalue weighted by atomic mass is 10.0. The fourth-order valence-corrected chi connectivity index (χ4v) is 2.56. The van der Waals surface area contributed by atoms with Crippen LogP contribution in [0.3, 0.4) is 0 Å². The zero-order valence-corrected chi connectivity index (χ0v) is 10.7. The number of hydrogen-bond donors (Lipinski definition) is 0. The molecule has 0 atom stereocenters. The molecule has 0 bridgehead atoms. The van der Waals surface area contributed by atoms with Crippen molar-refractivity contribution in [1.82, 2.24) is 0 Å². The maximum absolute atomic E-state index is 8.97. The maximum Gasteiger partial charge on any atom is 0.136 e. The van der Waals surface area contributed by atoms with Crippen LogP contribution in [0, 0.1) is 21.8 Å². The van der Waals surface area contributed by atoms with Crippen LogP contribution in [0.1, 0.15) is 23.6 Å². The fourth-order valence-electron chi connectivity index (χ4n) is 1.45. The summed E-state index contributed by atoms with van der Waals surface area (Å²) in [6.07, 6.45) is 0.922. The van der Waals surface area contributed by atoms with E-state index >= 15 is 0 Å². The molecule has 74 valence electrons. The summed E-state index contributed by atoms with van der Waals surface area (Å²) in [6.45, 7) is 4.04. The van der Waals surface area contributed by atoms with Crippen LogP contribution in [0.25, 0.3) is 0 Å². The normalized spacial score (nSPS) is 9.64. The highest BCUT2D eigenvalue weighted by atomic mass is 127. The smallest absolute Gasteiger partial charge is 0.136 e. The Morgan fingerprint density at radius 2 is 2.21 bits per heavy atom. The molecule has 0 amide bonds. The van der Waals surface area contributed by atoms with Crippen molar-refractivity contribution in [3.63, 3.8) is 0 Å². The van der Waals surface area contributed by atoms with Gasteiger partial charge < -0.3 is 4.74 Å². The highest BCUT2D eigenvalue weighted by Gasteiger charge is 2.13. The van der Waals surface area contributed by atoms with Gasteiger partial charge in [0.2, 0.25) is 0 Å². The summed E-state index contributed by atoms with van der Waals surface area (Å²) in [5.74, 6) is 0.843. The summed E-state index contributed by atoms with van der Waals surface area (Å²) in [7, 11) is 1.65. The number of nitriles is 1. The molecule has 0 aromatic heterocycles. The van der Waals surface area contributed by atoms with Gasteiger partial charge in [0.05, 0.1) is 16.2 Å². The Morgan fingerprint density at radius 1 is 1.57 bits per heavy atom. The van der Waals surface area contributed by atoms with Gasteiger partial charge >= 0.3 is 0 Å². The van der Waals surface area contributed by atoms with Crippen molar-refractivity contribution >= 4 is 22.6 Å². The van der Waals surface area contributed by atoms with Crippen molar-refractivity contribution in [3.05, 3.63) is 26.3 Å². The molecule has 0 aliphatic heterocycles. The predicted molar refractivity (Wildman–Crippen MR) is 64.5 cm³/mol. The van der Waals surface area contributed by atoms with Crippen LogP contribution in [0.2, 0.25) is 0 Å². The van der Waals surface area contributed by atoms with Gasteiger partial charge in [0, 0.05) is 0 Å². The molecule has 0 aliphatic rings. The Labute approximate surface area is 98.0 Å². The maximum atomic E-state index is 8.97. The minimum Gasteiger partial charge on any atom is -0.495 e. The molecular formula is C11H12INO. The van der Waals surface area contributed by atoms with Crippen molar-refractivity contribution in [2.24, 2.45) is 0 Å². The standard InChI is InChI=1S/C11H12INO/c1-4-8-5-7(2)9(6-13)10(12)11(8)14-3/h5H,4H2,1-3H3. The van der Waals surface area contributed by atoms with E-state index in [1.54, 1.807) is 7.11 Å². The lowest BCUT2D eigenvalue weighted by Crippen LogP contribution is -1.98. The first-order chi connectivity index (χ1) is 6.65. The number of ether oxygens (including phenoxy) is 1. The molecule has 1 rings (SSSR count). The van der Waals surface area contributed by atoms with E-state index < -0.39 is 0 Å². The highest BCUT2D eigenvalue weighted by molar-refractivity contribution is 14.1. The number of hydrogen-bond acceptors (Lipinski definition) is 2. The van der Waals surface area contributed by atoms with Gasteiger partial charge in [0.15, 0.2) is 0 Å². The van der Waals surface area contributed by atoms with Gasteiger partial charge in [-0.1, -0.05) is 13.0 Å². The quantitative estimate of drug-likeness (QED) is 0.787. The lowest BCUT2D eigenvalue weighted by molar-refractivity contribution is 0.407. The second-order valence-electron chi connectivity index (χ2n) is 3.04. The van der Waals surface area contributed by atoms with E-state index in [9.17, 15) is 0 Å². The first-order valence-corrected chi connectivity index (χ1v) is 5.49. The molecule has 0 saturated carbocycles. The number of nitrogens with zero attached hydrogens (tertiary/aromatic N) is 1. The Balaban J connectivity index is 3.49. The Kier molecular flexibility index (Phi) is 3.76. The first kappa shape index (κ1) is 11.3. The van der Waals surface area contributed by atoms with Crippen LogP contribution in [0.5, 0.6) is 5.75 Å². The molecule has 1 aromatic rings. The summed E-state index contributed by atoms with van der Waals surface area (Å²) in [4.78, 5) is 0. The van der Waals surface area contributed by atoms with Gasteiger partial charge in [0.25, 0.3) is 0 Å². The van der Waals surface area contributed by atoms with Crippen LogP contribution in [0.4, 0.5) is 0 Å². The Hall–Kier alpha value is -0.760. The van der Waals surface area contributed by atoms with Crippen LogP contribution in [-0.2, 0) is 6.42 Å². The zero-order valence-electron chi connectivity index (χ0n) is 8.52. The lowest BCUT2D eigenvalue weighted by Gasteiger charge is -2.12. The van der Waals surface area contributed by atoms with Gasteiger partial charge in [-0.15, -0.1) is 0 Å². The van der Waals surface area contributed by atoms with Gasteiger partial charge in [-0.2, -0.15) is 5.26 Å². The third kappa shape index (κ3) is 1.85. The van der Waals surface area contributed by atoms with Crippen LogP contribution >= 0.6 is 22.6 Å². The molecule has 0 saturated heterocycles. The molecule has 0 fully saturated rings. The van der Waals surface area contributed by atoms with E-state index in [-0.39, 0.29) is 0 Å². The van der Waals surface area contributed by atoms with Crippen molar-refractivity contribution in [3.8, 4) is 11.8 Å². The third-order valence-electron chi connectivity index (χ3n) is 2.19. The molecule has 1 aromatic carbocycles. The van der Waals surface area contributed by atoms with Gasteiger partial charge in [0.1, 0.15) is 11.8 Å². The molecule has 0 unspecified atom stereocenters. The zero-order chi connectivity index (χ0) is 10.7. The Bertz CT molecular complexity index is 393. The summed E-state index contributed by atoms with van der Waals surface area (Å²) in [5.41, 5.74) is 2.91. The number of halogens is 1. The largest absolute Gasteiger partial charge is 0.495 e. The van der Waals surface area contributed by atoms with E-state index in [0.717, 1.165) is 32.4 Å². The summed E-state index contributed by atoms with van der Waals surface area (Å²) in [6, 6.07) is 4.23. The molecule has 14 heavy (non-hydrogen) atoms. The first-order valence-electron chi connectivity index (χ1n) is 4.41. The average Bonchev–Trinajstić information content (AvgIpc) is 2.17. The summed E-state index contributed by atoms with van der Waals surface area (Å²) < 4.78 is 6.23. The number of rotatable bonds is 2. The highest BCUT2D eigenvalue weighted by Crippen LogP contribution is 2.31. The SMILES string of the molecule is CCc1cc(C)c(C#N)c(I)c1OC. The van der Waals surface area contributed by atoms with E-state index in [0.29, 0.717) is 0 Å². The van der Waals surface area contributed by atoms with Gasteiger partial charge in [-0.25, -0.2) is 0 Å². The number of aryl methyl sites for hydroxylation is 2. The van der Waals surface area contributed by atoms with Crippen LogP contribution in [0.15, 0.2) is 6.07 Å². The molecule has 2 nitrogen and oxygen atoms in total. The number of methoxy groups -OCH3 is 1. The molecular weight excluding hydrogens is 289 g/mol. The fraction of sp³-hybridized carbons (Fsp3) is 0.364. The van der Waals surface area contributed by atoms with Crippen molar-refractivity contribution in [2.75, 3.05) is 7.11 Å². The molecule has 0 N–H and O–H groups in total. The second kappa shape index (κ2) is 4.65. The van der Waals surface area contributed by atoms with Crippen molar-refractivity contribution in [2.45, 2.75) is 20.3 Å². The summed E-state index contributed by atoms with van der Waals surface area (Å²) in [5, 5.41) is 8.97. The van der Waals surface area contributed by atoms with Crippen LogP contribution in [-0.4, -0.2) is 7.11 Å². The third-order valence-corrected chi connectivity index (χ3v) is 3.22. The molecule has 0 aliphatic carbocycles. The molecule has 0 heterocycles. The number of benzene rings is 1. The predicted octanol–water partition coefficient (Wildman–Crippen LogP) is 3.04. The molecule has 0 spiro atoms. The molecule has 3 heteroatoms. The van der Waals surface area contributed by atoms with E-state index in [2.05, 4.69) is 35.6 Å². The summed E-state index contributed by atoms with van der Waals surface area (Å²) >= 11 is 2.17. The minimum absolute atomic E-state index is 0.722. The van der Waals surface area contributed by atoms with Gasteiger partial charge in [-0.3, -0.25) is 0 Å². The monoisotopic (exact) mass is 301 g/mol. The Morgan fingerprint density at radius 3 is 2.64 bits per heavy atom. The van der Waals surface area contributed by atoms with Crippen molar-refractivity contribution in [1.29, 1.82) is 5.26 Å². The van der Waals surface area contributed by atoms with Crippen molar-refractivity contribution < 1.29 is 4.74 Å². The van der Waals surface area contributed by atoms with Gasteiger partial charge in [-0.05, 0) is 47.1 Å². The topological polar surface area (TPSA) is 33.0 Å². The second-order valence-corrected chi connectivity index (χ2v) is 4.12. The minimum atomic E-state index is 0.722. The van der Waals surface area contributed by atoms with E-state index in [4.69, 9.17) is 10.00 Å². The van der Waals surface area contributed by atoms with E-state index in [1.165, 1.54) is 0 Å². The molecule has 0 radical (unpaired) electrons.